The summed E-state index contributed by atoms with van der Waals surface area (Å²) in [4.78, 5) is 12.1. The molecular weight excluding hydrogens is 320 g/mol. The topological polar surface area (TPSA) is 62.7 Å². The average Bonchev–Trinajstić information content (AvgIpc) is 3.22. The number of hydrogen-bond donors (Lipinski definition) is 2. The number of hydrogen-bond acceptors (Lipinski definition) is 3. The van der Waals surface area contributed by atoms with Crippen LogP contribution in [-0.4, -0.2) is 27.2 Å². The van der Waals surface area contributed by atoms with Crippen molar-refractivity contribution in [2.75, 3.05) is 6.54 Å². The van der Waals surface area contributed by atoms with E-state index >= 15 is 0 Å². The maximum absolute atomic E-state index is 12.1. The highest BCUT2D eigenvalue weighted by atomic mass is 32.1. The minimum Gasteiger partial charge on any atom is -0.356 e. The van der Waals surface area contributed by atoms with E-state index in [4.69, 9.17) is 12.2 Å². The van der Waals surface area contributed by atoms with Crippen LogP contribution in [0.25, 0.3) is 11.4 Å². The number of aryl methyl sites for hydroxylation is 1. The lowest BCUT2D eigenvalue weighted by Gasteiger charge is -2.11. The van der Waals surface area contributed by atoms with E-state index in [0.717, 1.165) is 17.9 Å². The van der Waals surface area contributed by atoms with Gasteiger partial charge >= 0.3 is 0 Å². The molecule has 3 rings (SSSR count). The Bertz CT molecular complexity index is 741. The van der Waals surface area contributed by atoms with Gasteiger partial charge in [0.2, 0.25) is 5.91 Å². The molecule has 2 aromatic rings. The van der Waals surface area contributed by atoms with Gasteiger partial charge in [0.15, 0.2) is 10.6 Å². The monoisotopic (exact) mass is 344 g/mol. The molecule has 5 nitrogen and oxygen atoms in total. The van der Waals surface area contributed by atoms with Crippen molar-refractivity contribution in [3.05, 3.63) is 34.6 Å². The van der Waals surface area contributed by atoms with Crippen molar-refractivity contribution in [3.8, 4) is 11.4 Å². The van der Waals surface area contributed by atoms with Crippen molar-refractivity contribution < 1.29 is 4.79 Å². The van der Waals surface area contributed by atoms with Crippen molar-refractivity contribution in [2.24, 2.45) is 5.92 Å². The van der Waals surface area contributed by atoms with E-state index in [1.807, 2.05) is 28.8 Å². The van der Waals surface area contributed by atoms with Crippen LogP contribution >= 0.6 is 12.2 Å². The van der Waals surface area contributed by atoms with Crippen LogP contribution in [0.3, 0.4) is 0 Å². The molecule has 0 spiro atoms. The number of rotatable bonds is 6. The molecule has 1 saturated carbocycles. The summed E-state index contributed by atoms with van der Waals surface area (Å²) in [6, 6.07) is 8.14. The van der Waals surface area contributed by atoms with Gasteiger partial charge in [-0.05, 0) is 37.9 Å². The maximum atomic E-state index is 12.1. The zero-order valence-electron chi connectivity index (χ0n) is 14.0. The molecule has 1 amide bonds. The number of H-pyrrole nitrogens is 1. The summed E-state index contributed by atoms with van der Waals surface area (Å²) < 4.78 is 2.45. The van der Waals surface area contributed by atoms with Crippen molar-refractivity contribution in [2.45, 2.75) is 45.6 Å². The number of carbonyl (C=O) groups excluding carboxylic acids is 1. The summed E-state index contributed by atoms with van der Waals surface area (Å²) in [6.07, 6.45) is 5.49. The zero-order valence-corrected chi connectivity index (χ0v) is 14.9. The predicted octanol–water partition coefficient (Wildman–Crippen LogP) is 3.61. The minimum absolute atomic E-state index is 0.0832. The highest BCUT2D eigenvalue weighted by molar-refractivity contribution is 7.71. The fourth-order valence-corrected chi connectivity index (χ4v) is 3.45. The fourth-order valence-electron chi connectivity index (χ4n) is 3.22. The van der Waals surface area contributed by atoms with Crippen molar-refractivity contribution >= 4 is 18.1 Å². The molecule has 0 radical (unpaired) electrons. The Kier molecular flexibility index (Phi) is 5.45. The standard InChI is InChI=1S/C18H24N4OS/c1-13-6-8-15(9-7-13)17-20-21-18(24)22(17)11-10-16(23)19-12-14-4-2-3-5-14/h6-9,14H,2-5,10-12H2,1H3,(H,19,23)(H,21,24). The molecule has 1 fully saturated rings. The van der Waals surface area contributed by atoms with Crippen LogP contribution in [0.1, 0.15) is 37.7 Å². The van der Waals surface area contributed by atoms with Crippen LogP contribution in [0.5, 0.6) is 0 Å². The second-order valence-corrected chi connectivity index (χ2v) is 6.96. The summed E-state index contributed by atoms with van der Waals surface area (Å²) in [5.74, 6) is 1.52. The summed E-state index contributed by atoms with van der Waals surface area (Å²) in [7, 11) is 0. The SMILES string of the molecule is Cc1ccc(-c2n[nH]c(=S)n2CCC(=O)NCC2CCCC2)cc1. The van der Waals surface area contributed by atoms with Crippen molar-refractivity contribution in [1.82, 2.24) is 20.1 Å². The molecule has 1 aliphatic rings. The molecule has 0 aliphatic heterocycles. The number of amides is 1. The lowest BCUT2D eigenvalue weighted by Crippen LogP contribution is -2.29. The third-order valence-electron chi connectivity index (χ3n) is 4.69. The molecule has 6 heteroatoms. The first kappa shape index (κ1) is 16.9. The summed E-state index contributed by atoms with van der Waals surface area (Å²) in [6.45, 7) is 3.39. The van der Waals surface area contributed by atoms with Crippen molar-refractivity contribution in [1.29, 1.82) is 0 Å². The van der Waals surface area contributed by atoms with Gasteiger partial charge in [0, 0.05) is 25.1 Å². The largest absolute Gasteiger partial charge is 0.356 e. The summed E-state index contributed by atoms with van der Waals surface area (Å²) in [5.41, 5.74) is 2.20. The van der Waals surface area contributed by atoms with E-state index in [-0.39, 0.29) is 5.91 Å². The number of nitrogens with zero attached hydrogens (tertiary/aromatic N) is 2. The minimum atomic E-state index is 0.0832. The number of aromatic amines is 1. The Labute approximate surface area is 147 Å². The van der Waals surface area contributed by atoms with E-state index in [2.05, 4.69) is 22.4 Å². The van der Waals surface area contributed by atoms with Gasteiger partial charge in [-0.1, -0.05) is 42.7 Å². The van der Waals surface area contributed by atoms with Crippen LogP contribution in [0.15, 0.2) is 24.3 Å². The first-order valence-electron chi connectivity index (χ1n) is 8.62. The molecular formula is C18H24N4OS. The molecule has 1 aromatic carbocycles. The maximum Gasteiger partial charge on any atom is 0.221 e. The highest BCUT2D eigenvalue weighted by Gasteiger charge is 2.16. The van der Waals surface area contributed by atoms with Gasteiger partial charge in [0.25, 0.3) is 0 Å². The van der Waals surface area contributed by atoms with Crippen LogP contribution < -0.4 is 5.32 Å². The smallest absolute Gasteiger partial charge is 0.221 e. The van der Waals surface area contributed by atoms with Crippen LogP contribution in [0.2, 0.25) is 0 Å². The lowest BCUT2D eigenvalue weighted by molar-refractivity contribution is -0.121. The van der Waals surface area contributed by atoms with Crippen molar-refractivity contribution in [3.63, 3.8) is 0 Å². The van der Waals surface area contributed by atoms with E-state index in [0.29, 0.717) is 23.7 Å². The summed E-state index contributed by atoms with van der Waals surface area (Å²) in [5, 5.41) is 10.2. The molecule has 1 heterocycles. The van der Waals surface area contributed by atoms with Gasteiger partial charge in [0.05, 0.1) is 0 Å². The van der Waals surface area contributed by atoms with Gasteiger partial charge in [-0.2, -0.15) is 5.10 Å². The summed E-state index contributed by atoms with van der Waals surface area (Å²) >= 11 is 5.32. The molecule has 2 N–H and O–H groups in total. The highest BCUT2D eigenvalue weighted by Crippen LogP contribution is 2.23. The number of aromatic nitrogens is 3. The molecule has 0 unspecified atom stereocenters. The van der Waals surface area contributed by atoms with Gasteiger partial charge in [-0.15, -0.1) is 0 Å². The van der Waals surface area contributed by atoms with Crippen LogP contribution in [0.4, 0.5) is 0 Å². The Hall–Kier alpha value is -1.95. The molecule has 0 bridgehead atoms. The number of carbonyl (C=O) groups is 1. The van der Waals surface area contributed by atoms with E-state index in [9.17, 15) is 4.79 Å². The molecule has 0 saturated heterocycles. The second kappa shape index (κ2) is 7.75. The first-order chi connectivity index (χ1) is 11.6. The average molecular weight is 344 g/mol. The Morgan fingerprint density at radius 2 is 2.04 bits per heavy atom. The van der Waals surface area contributed by atoms with Gasteiger partial charge in [-0.25, -0.2) is 0 Å². The molecule has 0 atom stereocenters. The van der Waals surface area contributed by atoms with Gasteiger partial charge in [-0.3, -0.25) is 14.5 Å². The Morgan fingerprint density at radius 3 is 2.75 bits per heavy atom. The third kappa shape index (κ3) is 4.12. The van der Waals surface area contributed by atoms with E-state index in [1.165, 1.54) is 31.2 Å². The van der Waals surface area contributed by atoms with E-state index in [1.54, 1.807) is 0 Å². The Morgan fingerprint density at radius 1 is 1.33 bits per heavy atom. The second-order valence-electron chi connectivity index (χ2n) is 6.57. The number of nitrogens with one attached hydrogen (secondary N) is 2. The lowest BCUT2D eigenvalue weighted by atomic mass is 10.1. The van der Waals surface area contributed by atoms with Crippen LogP contribution in [-0.2, 0) is 11.3 Å². The molecule has 1 aromatic heterocycles. The first-order valence-corrected chi connectivity index (χ1v) is 9.03. The Balaban J connectivity index is 1.60. The predicted molar refractivity (Wildman–Crippen MR) is 97.2 cm³/mol. The van der Waals surface area contributed by atoms with Gasteiger partial charge in [0.1, 0.15) is 0 Å². The third-order valence-corrected chi connectivity index (χ3v) is 5.00. The number of benzene rings is 1. The zero-order chi connectivity index (χ0) is 16.9. The fraction of sp³-hybridized carbons (Fsp3) is 0.500. The van der Waals surface area contributed by atoms with E-state index < -0.39 is 0 Å². The van der Waals surface area contributed by atoms with Crippen LogP contribution in [0, 0.1) is 17.6 Å². The quantitative estimate of drug-likeness (QED) is 0.787. The molecule has 1 aliphatic carbocycles. The molecule has 128 valence electrons. The normalized spacial score (nSPS) is 14.9. The van der Waals surface area contributed by atoms with Gasteiger partial charge < -0.3 is 5.32 Å². The molecule has 24 heavy (non-hydrogen) atoms.